The summed E-state index contributed by atoms with van der Waals surface area (Å²) < 4.78 is 1.74. The van der Waals surface area contributed by atoms with Crippen LogP contribution in [0.1, 0.15) is 24.8 Å². The number of rotatable bonds is 3. The number of benzene rings is 1. The Labute approximate surface area is 113 Å². The Morgan fingerprint density at radius 2 is 2.21 bits per heavy atom. The molecule has 1 saturated heterocycles. The van der Waals surface area contributed by atoms with Crippen molar-refractivity contribution in [3.63, 3.8) is 0 Å². The number of aromatic nitrogens is 2. The first kappa shape index (κ1) is 12.2. The summed E-state index contributed by atoms with van der Waals surface area (Å²) in [5.74, 6) is 0.257. The lowest BCUT2D eigenvalue weighted by atomic mass is 10.00. The number of piperidine rings is 1. The summed E-state index contributed by atoms with van der Waals surface area (Å²) in [5.41, 5.74) is 1.94. The van der Waals surface area contributed by atoms with Crippen LogP contribution >= 0.6 is 0 Å². The molecule has 1 aromatic carbocycles. The third-order valence-electron chi connectivity index (χ3n) is 3.66. The van der Waals surface area contributed by atoms with E-state index in [2.05, 4.69) is 10.4 Å². The van der Waals surface area contributed by atoms with Gasteiger partial charge in [-0.2, -0.15) is 5.10 Å². The van der Waals surface area contributed by atoms with Gasteiger partial charge in [0.15, 0.2) is 0 Å². The van der Waals surface area contributed by atoms with E-state index in [1.165, 1.54) is 24.8 Å². The van der Waals surface area contributed by atoms with Crippen LogP contribution in [0, 0.1) is 0 Å². The second-order valence-electron chi connectivity index (χ2n) is 5.13. The molecule has 4 nitrogen and oxygen atoms in total. The number of nitrogens with one attached hydrogen (secondary N) is 1. The minimum Gasteiger partial charge on any atom is -0.506 e. The molecule has 1 atom stereocenters. The van der Waals surface area contributed by atoms with Crippen LogP contribution in [0.3, 0.4) is 0 Å². The Morgan fingerprint density at radius 1 is 1.32 bits per heavy atom. The average Bonchev–Trinajstić information content (AvgIpc) is 2.89. The third kappa shape index (κ3) is 2.79. The van der Waals surface area contributed by atoms with E-state index >= 15 is 0 Å². The van der Waals surface area contributed by atoms with Crippen molar-refractivity contribution >= 4 is 0 Å². The van der Waals surface area contributed by atoms with Crippen molar-refractivity contribution in [1.82, 2.24) is 15.1 Å². The Hall–Kier alpha value is -1.81. The third-order valence-corrected chi connectivity index (χ3v) is 3.66. The summed E-state index contributed by atoms with van der Waals surface area (Å²) >= 11 is 0. The highest BCUT2D eigenvalue weighted by molar-refractivity contribution is 5.44. The summed E-state index contributed by atoms with van der Waals surface area (Å²) in [5, 5.41) is 17.7. The molecule has 0 radical (unpaired) electrons. The second kappa shape index (κ2) is 5.45. The van der Waals surface area contributed by atoms with Gasteiger partial charge in [-0.1, -0.05) is 18.6 Å². The lowest BCUT2D eigenvalue weighted by molar-refractivity contribution is 0.399. The van der Waals surface area contributed by atoms with Gasteiger partial charge >= 0.3 is 0 Å². The quantitative estimate of drug-likeness (QED) is 0.886. The SMILES string of the molecule is Oc1ccccc1-n1cc(CC2CCCCN2)cn1. The maximum Gasteiger partial charge on any atom is 0.141 e. The Balaban J connectivity index is 1.74. The largest absolute Gasteiger partial charge is 0.506 e. The fourth-order valence-corrected chi connectivity index (χ4v) is 2.64. The average molecular weight is 257 g/mol. The predicted octanol–water partition coefficient (Wildman–Crippen LogP) is 2.26. The van der Waals surface area contributed by atoms with Crippen LogP contribution in [-0.2, 0) is 6.42 Å². The molecule has 2 aromatic rings. The van der Waals surface area contributed by atoms with E-state index in [4.69, 9.17) is 0 Å². The van der Waals surface area contributed by atoms with Crippen molar-refractivity contribution in [3.05, 3.63) is 42.2 Å². The smallest absolute Gasteiger partial charge is 0.141 e. The standard InChI is InChI=1S/C15H19N3O/c19-15-7-2-1-6-14(15)18-11-12(10-17-18)9-13-5-3-4-8-16-13/h1-2,6-7,10-11,13,16,19H,3-5,8-9H2. The number of nitrogens with zero attached hydrogens (tertiary/aromatic N) is 2. The number of hydrogen-bond donors (Lipinski definition) is 2. The Kier molecular flexibility index (Phi) is 3.51. The number of phenols is 1. The lowest BCUT2D eigenvalue weighted by Crippen LogP contribution is -2.35. The second-order valence-corrected chi connectivity index (χ2v) is 5.13. The fourth-order valence-electron chi connectivity index (χ4n) is 2.64. The van der Waals surface area contributed by atoms with Gasteiger partial charge in [0.1, 0.15) is 11.4 Å². The Morgan fingerprint density at radius 3 is 3.00 bits per heavy atom. The highest BCUT2D eigenvalue weighted by atomic mass is 16.3. The molecule has 4 heteroatoms. The first-order valence-electron chi connectivity index (χ1n) is 6.88. The molecule has 0 saturated carbocycles. The van der Waals surface area contributed by atoms with Crippen LogP contribution in [0.2, 0.25) is 0 Å². The summed E-state index contributed by atoms with van der Waals surface area (Å²) in [4.78, 5) is 0. The minimum atomic E-state index is 0.257. The van der Waals surface area contributed by atoms with Gasteiger partial charge in [0, 0.05) is 12.2 Å². The molecule has 19 heavy (non-hydrogen) atoms. The number of aromatic hydroxyl groups is 1. The molecule has 1 aliphatic rings. The molecule has 1 aromatic heterocycles. The van der Waals surface area contributed by atoms with E-state index < -0.39 is 0 Å². The molecule has 3 rings (SSSR count). The summed E-state index contributed by atoms with van der Waals surface area (Å²) in [6.45, 7) is 1.12. The maximum atomic E-state index is 9.82. The van der Waals surface area contributed by atoms with Gasteiger partial charge in [-0.05, 0) is 43.5 Å². The zero-order valence-electron chi connectivity index (χ0n) is 10.9. The topological polar surface area (TPSA) is 50.1 Å². The van der Waals surface area contributed by atoms with E-state index in [1.807, 2.05) is 30.6 Å². The van der Waals surface area contributed by atoms with Crippen molar-refractivity contribution in [2.24, 2.45) is 0 Å². The monoisotopic (exact) mass is 257 g/mol. The molecule has 0 spiro atoms. The van der Waals surface area contributed by atoms with Gasteiger partial charge in [0.05, 0.1) is 6.20 Å². The molecule has 0 amide bonds. The number of hydrogen-bond acceptors (Lipinski definition) is 3. The number of phenolic OH excluding ortho intramolecular Hbond substituents is 1. The zero-order chi connectivity index (χ0) is 13.1. The molecule has 1 unspecified atom stereocenters. The van der Waals surface area contributed by atoms with E-state index in [1.54, 1.807) is 10.7 Å². The van der Waals surface area contributed by atoms with Crippen molar-refractivity contribution in [3.8, 4) is 11.4 Å². The van der Waals surface area contributed by atoms with E-state index in [0.29, 0.717) is 6.04 Å². The van der Waals surface area contributed by atoms with Crippen LogP contribution in [0.5, 0.6) is 5.75 Å². The first-order valence-corrected chi connectivity index (χ1v) is 6.88. The van der Waals surface area contributed by atoms with Crippen molar-refractivity contribution < 1.29 is 5.11 Å². The zero-order valence-corrected chi connectivity index (χ0v) is 10.9. The maximum absolute atomic E-state index is 9.82. The highest BCUT2D eigenvalue weighted by Gasteiger charge is 2.14. The van der Waals surface area contributed by atoms with Gasteiger partial charge in [0.25, 0.3) is 0 Å². The van der Waals surface area contributed by atoms with Crippen molar-refractivity contribution in [2.45, 2.75) is 31.7 Å². The molecular formula is C15H19N3O. The van der Waals surface area contributed by atoms with Crippen molar-refractivity contribution in [1.29, 1.82) is 0 Å². The first-order chi connectivity index (χ1) is 9.33. The normalized spacial score (nSPS) is 19.5. The molecule has 100 valence electrons. The van der Waals surface area contributed by atoms with E-state index in [-0.39, 0.29) is 5.75 Å². The fraction of sp³-hybridized carbons (Fsp3) is 0.400. The van der Waals surface area contributed by atoms with Crippen molar-refractivity contribution in [2.75, 3.05) is 6.54 Å². The van der Waals surface area contributed by atoms with Gasteiger partial charge in [0.2, 0.25) is 0 Å². The molecule has 1 fully saturated rings. The van der Waals surface area contributed by atoms with Crippen LogP contribution in [0.4, 0.5) is 0 Å². The molecule has 1 aliphatic heterocycles. The molecule has 2 N–H and O–H groups in total. The molecule has 2 heterocycles. The van der Waals surface area contributed by atoms with Gasteiger partial charge in [-0.25, -0.2) is 4.68 Å². The summed E-state index contributed by atoms with van der Waals surface area (Å²) in [6.07, 6.45) is 8.74. The van der Waals surface area contributed by atoms with Crippen LogP contribution < -0.4 is 5.32 Å². The minimum absolute atomic E-state index is 0.257. The van der Waals surface area contributed by atoms with E-state index in [9.17, 15) is 5.11 Å². The highest BCUT2D eigenvalue weighted by Crippen LogP contribution is 2.21. The van der Waals surface area contributed by atoms with Crippen LogP contribution in [0.25, 0.3) is 5.69 Å². The Bertz CT molecular complexity index is 544. The van der Waals surface area contributed by atoms with E-state index in [0.717, 1.165) is 18.7 Å². The summed E-state index contributed by atoms with van der Waals surface area (Å²) in [6, 6.07) is 7.83. The van der Waals surface area contributed by atoms with Gasteiger partial charge < -0.3 is 10.4 Å². The van der Waals surface area contributed by atoms with Gasteiger partial charge in [-0.3, -0.25) is 0 Å². The summed E-state index contributed by atoms with van der Waals surface area (Å²) in [7, 11) is 0. The van der Waals surface area contributed by atoms with Gasteiger partial charge in [-0.15, -0.1) is 0 Å². The lowest BCUT2D eigenvalue weighted by Gasteiger charge is -2.22. The molecule has 0 bridgehead atoms. The predicted molar refractivity (Wildman–Crippen MR) is 74.6 cm³/mol. The molecule has 0 aliphatic carbocycles. The van der Waals surface area contributed by atoms with Crippen LogP contribution in [0.15, 0.2) is 36.7 Å². The number of para-hydroxylation sites is 2. The van der Waals surface area contributed by atoms with Crippen LogP contribution in [-0.4, -0.2) is 27.5 Å². The molecular weight excluding hydrogens is 238 g/mol.